The molecule has 0 aliphatic carbocycles. The lowest BCUT2D eigenvalue weighted by Gasteiger charge is -2.44. The van der Waals surface area contributed by atoms with E-state index >= 15 is 0 Å². The predicted molar refractivity (Wildman–Crippen MR) is 147 cm³/mol. The number of nitrogens with zero attached hydrogens (tertiary/aromatic N) is 2. The molecule has 2 heterocycles. The van der Waals surface area contributed by atoms with Crippen LogP contribution < -0.4 is 19.5 Å². The maximum atomic E-state index is 6.38. The van der Waals surface area contributed by atoms with Crippen molar-refractivity contribution in [3.63, 3.8) is 0 Å². The van der Waals surface area contributed by atoms with Gasteiger partial charge < -0.3 is 29.2 Å². The highest BCUT2D eigenvalue weighted by Crippen LogP contribution is 2.44. The molecule has 0 saturated carbocycles. The van der Waals surface area contributed by atoms with Crippen LogP contribution in [0.3, 0.4) is 0 Å². The first kappa shape index (κ1) is 26.5. The minimum atomic E-state index is -0.332. The number of hydrogen-bond acceptors (Lipinski definition) is 6. The second kappa shape index (κ2) is 12.1. The zero-order chi connectivity index (χ0) is 25.5. The van der Waals surface area contributed by atoms with Crippen LogP contribution in [0.25, 0.3) is 0 Å². The number of thiocarbonyl (C=S) groups is 1. The Balaban J connectivity index is 1.66. The van der Waals surface area contributed by atoms with Gasteiger partial charge in [-0.05, 0) is 70.2 Å². The zero-order valence-electron chi connectivity index (χ0n) is 21.9. The summed E-state index contributed by atoms with van der Waals surface area (Å²) in [6.45, 7) is 14.6. The number of anilines is 1. The highest BCUT2D eigenvalue weighted by atomic mass is 32.1. The maximum Gasteiger partial charge on any atom is 0.174 e. The molecular weight excluding hydrogens is 474 g/mol. The number of benzene rings is 2. The quantitative estimate of drug-likeness (QED) is 0.464. The van der Waals surface area contributed by atoms with E-state index in [1.807, 2.05) is 50.2 Å². The highest BCUT2D eigenvalue weighted by molar-refractivity contribution is 7.80. The Morgan fingerprint density at radius 3 is 2.61 bits per heavy atom. The van der Waals surface area contributed by atoms with E-state index in [0.29, 0.717) is 18.3 Å². The van der Waals surface area contributed by atoms with Gasteiger partial charge in [0, 0.05) is 38.2 Å². The van der Waals surface area contributed by atoms with Crippen molar-refractivity contribution in [1.82, 2.24) is 9.80 Å². The van der Waals surface area contributed by atoms with Crippen LogP contribution in [0.15, 0.2) is 42.5 Å². The standard InChI is InChI=1S/C28H39N3O4S/c1-5-33-21-11-12-25-22(19-21)24(20-28(3,4)35-25)31(14-13-30-15-17-32-18-16-30)27(36)29-23-9-7-8-10-26(23)34-6-2/h7-12,19,24H,5-6,13-18,20H2,1-4H3,(H,29,36)/t24-/m1/s1. The molecule has 2 aliphatic heterocycles. The molecule has 0 aromatic heterocycles. The third kappa shape index (κ3) is 6.60. The number of ether oxygens (including phenoxy) is 4. The van der Waals surface area contributed by atoms with E-state index in [9.17, 15) is 0 Å². The molecule has 0 radical (unpaired) electrons. The first-order valence-electron chi connectivity index (χ1n) is 13.0. The van der Waals surface area contributed by atoms with E-state index in [2.05, 4.69) is 35.0 Å². The Hall–Kier alpha value is -2.55. The molecule has 0 bridgehead atoms. The Kier molecular flexibility index (Phi) is 8.93. The molecule has 2 aromatic rings. The van der Waals surface area contributed by atoms with Gasteiger partial charge in [-0.3, -0.25) is 4.90 Å². The predicted octanol–water partition coefficient (Wildman–Crippen LogP) is 5.12. The average molecular weight is 514 g/mol. The van der Waals surface area contributed by atoms with E-state index in [0.717, 1.165) is 74.3 Å². The monoisotopic (exact) mass is 513 g/mol. The lowest BCUT2D eigenvalue weighted by atomic mass is 9.88. The fraction of sp³-hybridized carbons (Fsp3) is 0.536. The maximum absolute atomic E-state index is 6.38. The fourth-order valence-corrected chi connectivity index (χ4v) is 5.17. The van der Waals surface area contributed by atoms with Gasteiger partial charge in [-0.15, -0.1) is 0 Å². The number of fused-ring (bicyclic) bond motifs is 1. The van der Waals surface area contributed by atoms with Crippen LogP contribution in [0.5, 0.6) is 17.2 Å². The average Bonchev–Trinajstić information content (AvgIpc) is 2.86. The Bertz CT molecular complexity index is 1030. The molecule has 0 spiro atoms. The molecule has 0 amide bonds. The van der Waals surface area contributed by atoms with Crippen molar-refractivity contribution in [3.05, 3.63) is 48.0 Å². The summed E-state index contributed by atoms with van der Waals surface area (Å²) < 4.78 is 23.6. The first-order valence-corrected chi connectivity index (χ1v) is 13.4. The molecule has 7 nitrogen and oxygen atoms in total. The molecule has 196 valence electrons. The minimum Gasteiger partial charge on any atom is -0.494 e. The molecule has 2 aliphatic rings. The summed E-state index contributed by atoms with van der Waals surface area (Å²) in [6.07, 6.45) is 0.799. The molecule has 1 N–H and O–H groups in total. The van der Waals surface area contributed by atoms with Gasteiger partial charge in [0.15, 0.2) is 5.11 Å². The van der Waals surface area contributed by atoms with Crippen LogP contribution in [0, 0.1) is 0 Å². The van der Waals surface area contributed by atoms with Crippen LogP contribution in [0.2, 0.25) is 0 Å². The van der Waals surface area contributed by atoms with Gasteiger partial charge in [-0.25, -0.2) is 0 Å². The third-order valence-corrected chi connectivity index (χ3v) is 6.89. The van der Waals surface area contributed by atoms with Gasteiger partial charge in [0.2, 0.25) is 0 Å². The summed E-state index contributed by atoms with van der Waals surface area (Å²) in [5.74, 6) is 2.52. The van der Waals surface area contributed by atoms with Crippen molar-refractivity contribution < 1.29 is 18.9 Å². The van der Waals surface area contributed by atoms with Crippen molar-refractivity contribution in [1.29, 1.82) is 0 Å². The number of rotatable bonds is 9. The zero-order valence-corrected chi connectivity index (χ0v) is 22.7. The lowest BCUT2D eigenvalue weighted by Crippen LogP contribution is -2.48. The van der Waals surface area contributed by atoms with Gasteiger partial charge in [-0.2, -0.15) is 0 Å². The van der Waals surface area contributed by atoms with Crippen molar-refractivity contribution in [2.24, 2.45) is 0 Å². The van der Waals surface area contributed by atoms with E-state index in [1.165, 1.54) is 0 Å². The number of nitrogens with one attached hydrogen (secondary N) is 1. The summed E-state index contributed by atoms with van der Waals surface area (Å²) in [4.78, 5) is 4.75. The second-order valence-electron chi connectivity index (χ2n) is 9.72. The van der Waals surface area contributed by atoms with E-state index in [4.69, 9.17) is 31.2 Å². The number of hydrogen-bond donors (Lipinski definition) is 1. The van der Waals surface area contributed by atoms with Crippen molar-refractivity contribution in [2.75, 3.05) is 57.9 Å². The van der Waals surface area contributed by atoms with Crippen molar-refractivity contribution in [2.45, 2.75) is 45.8 Å². The summed E-state index contributed by atoms with van der Waals surface area (Å²) >= 11 is 6.08. The lowest BCUT2D eigenvalue weighted by molar-refractivity contribution is 0.0266. The highest BCUT2D eigenvalue weighted by Gasteiger charge is 2.38. The molecule has 0 unspecified atom stereocenters. The number of morpholine rings is 1. The fourth-order valence-electron chi connectivity index (χ4n) is 4.84. The molecule has 4 rings (SSSR count). The summed E-state index contributed by atoms with van der Waals surface area (Å²) in [5, 5.41) is 4.17. The van der Waals surface area contributed by atoms with Gasteiger partial charge in [0.1, 0.15) is 22.8 Å². The molecular formula is C28H39N3O4S. The molecule has 36 heavy (non-hydrogen) atoms. The normalized spacial score (nSPS) is 19.1. The van der Waals surface area contributed by atoms with Crippen LogP contribution >= 0.6 is 12.2 Å². The first-order chi connectivity index (χ1) is 17.4. The third-order valence-electron chi connectivity index (χ3n) is 6.55. The molecule has 1 atom stereocenters. The smallest absolute Gasteiger partial charge is 0.174 e. The van der Waals surface area contributed by atoms with Gasteiger partial charge >= 0.3 is 0 Å². The van der Waals surface area contributed by atoms with Gasteiger partial charge in [0.25, 0.3) is 0 Å². The Morgan fingerprint density at radius 2 is 1.86 bits per heavy atom. The van der Waals surface area contributed by atoms with Crippen molar-refractivity contribution in [3.8, 4) is 17.2 Å². The molecule has 1 saturated heterocycles. The van der Waals surface area contributed by atoms with Gasteiger partial charge in [0.05, 0.1) is 38.2 Å². The van der Waals surface area contributed by atoms with Crippen LogP contribution in [0.4, 0.5) is 5.69 Å². The largest absolute Gasteiger partial charge is 0.494 e. The summed E-state index contributed by atoms with van der Waals surface area (Å²) in [5.41, 5.74) is 1.64. The summed E-state index contributed by atoms with van der Waals surface area (Å²) in [6, 6.07) is 14.1. The Labute approximate surface area is 220 Å². The van der Waals surface area contributed by atoms with Crippen LogP contribution in [-0.4, -0.2) is 73.1 Å². The topological polar surface area (TPSA) is 55.4 Å². The molecule has 2 aromatic carbocycles. The molecule has 1 fully saturated rings. The van der Waals surface area contributed by atoms with Gasteiger partial charge in [-0.1, -0.05) is 12.1 Å². The SMILES string of the molecule is CCOc1ccc2c(c1)[C@H](N(CCN1CCOCC1)C(=S)Nc1ccccc1OCC)CC(C)(C)O2. The summed E-state index contributed by atoms with van der Waals surface area (Å²) in [7, 11) is 0. The van der Waals surface area contributed by atoms with E-state index < -0.39 is 0 Å². The van der Waals surface area contributed by atoms with Crippen LogP contribution in [-0.2, 0) is 4.74 Å². The van der Waals surface area contributed by atoms with Crippen molar-refractivity contribution >= 4 is 23.0 Å². The second-order valence-corrected chi connectivity index (χ2v) is 10.1. The van der Waals surface area contributed by atoms with E-state index in [1.54, 1.807) is 0 Å². The van der Waals surface area contributed by atoms with E-state index in [-0.39, 0.29) is 11.6 Å². The van der Waals surface area contributed by atoms with Crippen LogP contribution in [0.1, 0.15) is 45.7 Å². The Morgan fingerprint density at radius 1 is 1.11 bits per heavy atom. The minimum absolute atomic E-state index is 0.0319. The molecule has 8 heteroatoms. The number of para-hydroxylation sites is 2.